The third kappa shape index (κ3) is 4.50. The SMILES string of the molecule is S=C(NN=Cc1cccc(-c2ccccc2Cl)n1)NN1CCCC1. The summed E-state index contributed by atoms with van der Waals surface area (Å²) in [5.74, 6) is 0. The van der Waals surface area contributed by atoms with Crippen LogP contribution >= 0.6 is 23.8 Å². The topological polar surface area (TPSA) is 52.6 Å². The molecule has 124 valence electrons. The number of hydrazine groups is 1. The molecule has 0 saturated carbocycles. The van der Waals surface area contributed by atoms with Gasteiger partial charge in [0, 0.05) is 23.7 Å². The molecule has 24 heavy (non-hydrogen) atoms. The number of pyridine rings is 1. The molecule has 1 aromatic carbocycles. The van der Waals surface area contributed by atoms with E-state index in [1.165, 1.54) is 12.8 Å². The molecule has 3 rings (SSSR count). The molecule has 0 spiro atoms. The van der Waals surface area contributed by atoms with Crippen molar-refractivity contribution >= 4 is 35.1 Å². The second-order valence-electron chi connectivity index (χ2n) is 5.43. The molecule has 2 N–H and O–H groups in total. The second-order valence-corrected chi connectivity index (χ2v) is 6.25. The molecule has 0 bridgehead atoms. The van der Waals surface area contributed by atoms with Gasteiger partial charge in [-0.15, -0.1) is 0 Å². The third-order valence-corrected chi connectivity index (χ3v) is 4.16. The van der Waals surface area contributed by atoms with Gasteiger partial charge in [0.25, 0.3) is 0 Å². The van der Waals surface area contributed by atoms with E-state index in [0.29, 0.717) is 10.1 Å². The summed E-state index contributed by atoms with van der Waals surface area (Å²) < 4.78 is 0. The van der Waals surface area contributed by atoms with Crippen LogP contribution in [0.2, 0.25) is 5.02 Å². The number of nitrogens with one attached hydrogen (secondary N) is 2. The average molecular weight is 360 g/mol. The van der Waals surface area contributed by atoms with Crippen molar-refractivity contribution in [1.82, 2.24) is 20.8 Å². The van der Waals surface area contributed by atoms with Gasteiger partial charge in [-0.3, -0.25) is 10.9 Å². The number of aromatic nitrogens is 1. The van der Waals surface area contributed by atoms with Gasteiger partial charge in [0.2, 0.25) is 5.11 Å². The van der Waals surface area contributed by atoms with Crippen LogP contribution in [0.1, 0.15) is 18.5 Å². The normalized spacial score (nSPS) is 14.9. The van der Waals surface area contributed by atoms with Gasteiger partial charge in [-0.25, -0.2) is 9.99 Å². The highest BCUT2D eigenvalue weighted by Gasteiger charge is 2.11. The molecule has 2 heterocycles. The standard InChI is InChI=1S/C17H18ClN5S/c18-15-8-2-1-7-14(15)16-9-5-6-13(20-16)12-19-21-17(24)22-23-10-3-4-11-23/h1-2,5-9,12H,3-4,10-11H2,(H2,21,22,24). The Kier molecular flexibility index (Phi) is 5.74. The summed E-state index contributed by atoms with van der Waals surface area (Å²) in [4.78, 5) is 4.56. The van der Waals surface area contributed by atoms with Gasteiger partial charge in [-0.1, -0.05) is 35.9 Å². The Morgan fingerprint density at radius 3 is 2.75 bits per heavy atom. The van der Waals surface area contributed by atoms with Crippen molar-refractivity contribution in [2.45, 2.75) is 12.8 Å². The number of halogens is 1. The molecule has 0 atom stereocenters. The molecule has 7 heteroatoms. The number of thiocarbonyl (C=S) groups is 1. The van der Waals surface area contributed by atoms with Crippen LogP contribution in [0.15, 0.2) is 47.6 Å². The van der Waals surface area contributed by atoms with Gasteiger partial charge >= 0.3 is 0 Å². The fraction of sp³-hybridized carbons (Fsp3) is 0.235. The van der Waals surface area contributed by atoms with E-state index < -0.39 is 0 Å². The Labute approximate surface area is 151 Å². The summed E-state index contributed by atoms with van der Waals surface area (Å²) in [6.07, 6.45) is 4.02. The highest BCUT2D eigenvalue weighted by molar-refractivity contribution is 7.80. The molecule has 1 aliphatic heterocycles. The lowest BCUT2D eigenvalue weighted by Crippen LogP contribution is -2.44. The lowest BCUT2D eigenvalue weighted by atomic mass is 10.1. The molecule has 2 aromatic rings. The van der Waals surface area contributed by atoms with Crippen LogP contribution < -0.4 is 10.9 Å². The molecule has 0 unspecified atom stereocenters. The quantitative estimate of drug-likeness (QED) is 0.498. The highest BCUT2D eigenvalue weighted by Crippen LogP contribution is 2.25. The van der Waals surface area contributed by atoms with E-state index in [1.54, 1.807) is 6.21 Å². The fourth-order valence-corrected chi connectivity index (χ4v) is 2.91. The molecule has 1 aliphatic rings. The summed E-state index contributed by atoms with van der Waals surface area (Å²) in [7, 11) is 0. The summed E-state index contributed by atoms with van der Waals surface area (Å²) in [6.45, 7) is 2.01. The lowest BCUT2D eigenvalue weighted by molar-refractivity contribution is 0.294. The largest absolute Gasteiger partial charge is 0.294 e. The molecule has 0 amide bonds. The van der Waals surface area contributed by atoms with E-state index >= 15 is 0 Å². The van der Waals surface area contributed by atoms with Crippen LogP contribution in [-0.4, -0.2) is 34.4 Å². The zero-order valence-electron chi connectivity index (χ0n) is 13.1. The predicted octanol–water partition coefficient (Wildman–Crippen LogP) is 3.21. The van der Waals surface area contributed by atoms with E-state index in [9.17, 15) is 0 Å². The Morgan fingerprint density at radius 1 is 1.17 bits per heavy atom. The zero-order chi connectivity index (χ0) is 16.8. The second kappa shape index (κ2) is 8.19. The molecule has 0 aliphatic carbocycles. The van der Waals surface area contributed by atoms with Crippen LogP contribution in [0.3, 0.4) is 0 Å². The number of rotatable bonds is 4. The Hall–Kier alpha value is -2.02. The van der Waals surface area contributed by atoms with Gasteiger partial charge in [0.15, 0.2) is 0 Å². The summed E-state index contributed by atoms with van der Waals surface area (Å²) in [6, 6.07) is 13.4. The molecular weight excluding hydrogens is 342 g/mol. The van der Waals surface area contributed by atoms with Crippen molar-refractivity contribution in [3.8, 4) is 11.3 Å². The van der Waals surface area contributed by atoms with Crippen molar-refractivity contribution in [2.24, 2.45) is 5.10 Å². The minimum Gasteiger partial charge on any atom is -0.294 e. The van der Waals surface area contributed by atoms with Crippen molar-refractivity contribution in [3.63, 3.8) is 0 Å². The van der Waals surface area contributed by atoms with Crippen LogP contribution in [0.25, 0.3) is 11.3 Å². The van der Waals surface area contributed by atoms with Crippen molar-refractivity contribution in [1.29, 1.82) is 0 Å². The Morgan fingerprint density at radius 2 is 1.96 bits per heavy atom. The van der Waals surface area contributed by atoms with Crippen molar-refractivity contribution < 1.29 is 0 Å². The Bertz CT molecular complexity index is 743. The lowest BCUT2D eigenvalue weighted by Gasteiger charge is -2.17. The highest BCUT2D eigenvalue weighted by atomic mass is 35.5. The number of benzene rings is 1. The van der Waals surface area contributed by atoms with Gasteiger partial charge in [0.05, 0.1) is 17.6 Å². The minimum atomic E-state index is 0.482. The maximum Gasteiger partial charge on any atom is 0.201 e. The molecule has 1 fully saturated rings. The van der Waals surface area contributed by atoms with Crippen LogP contribution in [0.4, 0.5) is 0 Å². The first-order valence-corrected chi connectivity index (χ1v) is 8.57. The molecule has 5 nitrogen and oxygen atoms in total. The number of hydrogen-bond donors (Lipinski definition) is 2. The maximum absolute atomic E-state index is 6.22. The maximum atomic E-state index is 6.22. The number of nitrogens with zero attached hydrogens (tertiary/aromatic N) is 3. The number of hydrogen-bond acceptors (Lipinski definition) is 4. The van der Waals surface area contributed by atoms with Gasteiger partial charge in [0.1, 0.15) is 0 Å². The van der Waals surface area contributed by atoms with Crippen LogP contribution in [-0.2, 0) is 0 Å². The van der Waals surface area contributed by atoms with Gasteiger partial charge in [-0.2, -0.15) is 5.10 Å². The first-order valence-electron chi connectivity index (χ1n) is 7.79. The van der Waals surface area contributed by atoms with Gasteiger partial charge < -0.3 is 0 Å². The number of hydrazone groups is 1. The zero-order valence-corrected chi connectivity index (χ0v) is 14.6. The smallest absolute Gasteiger partial charge is 0.201 e. The first-order chi connectivity index (χ1) is 11.7. The van der Waals surface area contributed by atoms with E-state index in [1.807, 2.05) is 42.5 Å². The molecule has 1 aromatic heterocycles. The van der Waals surface area contributed by atoms with Gasteiger partial charge in [-0.05, 0) is 43.3 Å². The summed E-state index contributed by atoms with van der Waals surface area (Å²) in [5, 5.41) is 7.38. The molecule has 1 saturated heterocycles. The minimum absolute atomic E-state index is 0.482. The third-order valence-electron chi connectivity index (χ3n) is 3.65. The van der Waals surface area contributed by atoms with Crippen molar-refractivity contribution in [2.75, 3.05) is 13.1 Å². The average Bonchev–Trinajstić information content (AvgIpc) is 3.08. The first kappa shape index (κ1) is 16.8. The molecule has 0 radical (unpaired) electrons. The van der Waals surface area contributed by atoms with Crippen molar-refractivity contribution in [3.05, 3.63) is 53.2 Å². The monoisotopic (exact) mass is 359 g/mol. The van der Waals surface area contributed by atoms with Crippen LogP contribution in [0.5, 0.6) is 0 Å². The van der Waals surface area contributed by atoms with E-state index in [2.05, 4.69) is 25.9 Å². The summed E-state index contributed by atoms with van der Waals surface area (Å²) in [5.41, 5.74) is 8.35. The summed E-state index contributed by atoms with van der Waals surface area (Å²) >= 11 is 11.4. The molecular formula is C17H18ClN5S. The van der Waals surface area contributed by atoms with E-state index in [0.717, 1.165) is 30.0 Å². The Balaban J connectivity index is 1.62. The van der Waals surface area contributed by atoms with E-state index in [-0.39, 0.29) is 0 Å². The fourth-order valence-electron chi connectivity index (χ4n) is 2.50. The van der Waals surface area contributed by atoms with E-state index in [4.69, 9.17) is 23.8 Å². The van der Waals surface area contributed by atoms with Crippen LogP contribution in [0, 0.1) is 0 Å². The predicted molar refractivity (Wildman–Crippen MR) is 102 cm³/mol.